The van der Waals surface area contributed by atoms with Crippen molar-refractivity contribution in [3.05, 3.63) is 0 Å². The zero-order valence-corrected chi connectivity index (χ0v) is 11.2. The lowest BCUT2D eigenvalue weighted by Gasteiger charge is -2.29. The Bertz CT molecular complexity index is 239. The Balaban J connectivity index is 1.76. The van der Waals surface area contributed by atoms with Crippen LogP contribution in [0.3, 0.4) is 0 Å². The molecule has 1 aliphatic heterocycles. The molecule has 0 aromatic carbocycles. The van der Waals surface area contributed by atoms with E-state index in [0.717, 1.165) is 31.7 Å². The van der Waals surface area contributed by atoms with Crippen LogP contribution in [0.5, 0.6) is 0 Å². The number of carbonyl (C=O) groups excluding carboxylic acids is 1. The van der Waals surface area contributed by atoms with Gasteiger partial charge in [0.05, 0.1) is 0 Å². The van der Waals surface area contributed by atoms with E-state index >= 15 is 0 Å². The average molecular weight is 237 g/mol. The SMILES string of the molecule is CC(CC(=O)C1CCCCC1)C1CCCNC1. The summed E-state index contributed by atoms with van der Waals surface area (Å²) in [5.41, 5.74) is 0. The van der Waals surface area contributed by atoms with Gasteiger partial charge < -0.3 is 5.32 Å². The largest absolute Gasteiger partial charge is 0.316 e. The number of ketones is 1. The second kappa shape index (κ2) is 6.53. The van der Waals surface area contributed by atoms with E-state index in [1.807, 2.05) is 0 Å². The van der Waals surface area contributed by atoms with Crippen LogP contribution in [0, 0.1) is 17.8 Å². The summed E-state index contributed by atoms with van der Waals surface area (Å²) in [6, 6.07) is 0. The zero-order valence-electron chi connectivity index (χ0n) is 11.2. The number of piperidine rings is 1. The third-order valence-corrected chi connectivity index (χ3v) is 4.72. The van der Waals surface area contributed by atoms with Crippen LogP contribution >= 0.6 is 0 Å². The molecule has 2 nitrogen and oxygen atoms in total. The first-order valence-corrected chi connectivity index (χ1v) is 7.51. The molecule has 1 heterocycles. The number of hydrogen-bond acceptors (Lipinski definition) is 2. The molecule has 2 aliphatic rings. The summed E-state index contributed by atoms with van der Waals surface area (Å²) in [6.45, 7) is 4.57. The maximum absolute atomic E-state index is 12.2. The van der Waals surface area contributed by atoms with E-state index < -0.39 is 0 Å². The quantitative estimate of drug-likeness (QED) is 0.813. The Hall–Kier alpha value is -0.370. The maximum Gasteiger partial charge on any atom is 0.136 e. The molecule has 1 saturated carbocycles. The molecule has 0 radical (unpaired) electrons. The van der Waals surface area contributed by atoms with E-state index in [1.54, 1.807) is 0 Å². The highest BCUT2D eigenvalue weighted by Crippen LogP contribution is 2.29. The van der Waals surface area contributed by atoms with Crippen molar-refractivity contribution < 1.29 is 4.79 Å². The fourth-order valence-electron chi connectivity index (χ4n) is 3.44. The summed E-state index contributed by atoms with van der Waals surface area (Å²) in [4.78, 5) is 12.2. The number of rotatable bonds is 4. The molecule has 2 heteroatoms. The third-order valence-electron chi connectivity index (χ3n) is 4.72. The molecule has 0 aromatic rings. The molecule has 0 bridgehead atoms. The van der Waals surface area contributed by atoms with Gasteiger partial charge in [0, 0.05) is 12.3 Å². The number of carbonyl (C=O) groups is 1. The van der Waals surface area contributed by atoms with Crippen molar-refractivity contribution in [1.82, 2.24) is 5.32 Å². The summed E-state index contributed by atoms with van der Waals surface area (Å²) in [7, 11) is 0. The molecule has 17 heavy (non-hydrogen) atoms. The van der Waals surface area contributed by atoms with E-state index in [-0.39, 0.29) is 0 Å². The van der Waals surface area contributed by atoms with Crippen LogP contribution in [0.2, 0.25) is 0 Å². The van der Waals surface area contributed by atoms with Crippen molar-refractivity contribution in [2.45, 2.75) is 58.3 Å². The van der Waals surface area contributed by atoms with Gasteiger partial charge >= 0.3 is 0 Å². The van der Waals surface area contributed by atoms with Gasteiger partial charge in [-0.2, -0.15) is 0 Å². The summed E-state index contributed by atoms with van der Waals surface area (Å²) < 4.78 is 0. The molecule has 0 amide bonds. The van der Waals surface area contributed by atoms with Gasteiger partial charge in [-0.25, -0.2) is 0 Å². The van der Waals surface area contributed by atoms with Crippen LogP contribution in [0.4, 0.5) is 0 Å². The molecule has 2 fully saturated rings. The lowest BCUT2D eigenvalue weighted by molar-refractivity contribution is -0.125. The molecule has 0 aromatic heterocycles. The summed E-state index contributed by atoms with van der Waals surface area (Å²) in [5, 5.41) is 3.46. The van der Waals surface area contributed by atoms with Gasteiger partial charge in [-0.05, 0) is 50.6 Å². The average Bonchev–Trinajstić information content (AvgIpc) is 2.40. The van der Waals surface area contributed by atoms with Gasteiger partial charge in [-0.1, -0.05) is 26.2 Å². The fraction of sp³-hybridized carbons (Fsp3) is 0.933. The van der Waals surface area contributed by atoms with Gasteiger partial charge in [0.2, 0.25) is 0 Å². The first-order chi connectivity index (χ1) is 8.27. The lowest BCUT2D eigenvalue weighted by Crippen LogP contribution is -2.34. The summed E-state index contributed by atoms with van der Waals surface area (Å²) in [6.07, 6.45) is 9.64. The Morgan fingerprint density at radius 1 is 1.18 bits per heavy atom. The molecular formula is C15H27NO. The molecule has 2 atom stereocenters. The molecule has 2 unspecified atom stereocenters. The standard InChI is InChI=1S/C15H27NO/c1-12(14-8-5-9-16-11-14)10-15(17)13-6-3-2-4-7-13/h12-14,16H,2-11H2,1H3. The van der Waals surface area contributed by atoms with Crippen molar-refractivity contribution in [3.8, 4) is 0 Å². The number of nitrogens with one attached hydrogen (secondary N) is 1. The van der Waals surface area contributed by atoms with Crippen LogP contribution in [-0.4, -0.2) is 18.9 Å². The topological polar surface area (TPSA) is 29.1 Å². The third kappa shape index (κ3) is 3.80. The van der Waals surface area contributed by atoms with Gasteiger partial charge in [0.25, 0.3) is 0 Å². The van der Waals surface area contributed by atoms with Crippen LogP contribution in [-0.2, 0) is 4.79 Å². The minimum absolute atomic E-state index is 0.405. The van der Waals surface area contributed by atoms with Gasteiger partial charge in [-0.3, -0.25) is 4.79 Å². The van der Waals surface area contributed by atoms with E-state index in [2.05, 4.69) is 12.2 Å². The van der Waals surface area contributed by atoms with Crippen molar-refractivity contribution in [3.63, 3.8) is 0 Å². The highest BCUT2D eigenvalue weighted by atomic mass is 16.1. The predicted molar refractivity (Wildman–Crippen MR) is 71.0 cm³/mol. The van der Waals surface area contributed by atoms with E-state index in [0.29, 0.717) is 17.6 Å². The van der Waals surface area contributed by atoms with Crippen LogP contribution in [0.25, 0.3) is 0 Å². The van der Waals surface area contributed by atoms with E-state index in [9.17, 15) is 4.79 Å². The molecular weight excluding hydrogens is 210 g/mol. The van der Waals surface area contributed by atoms with Gasteiger partial charge in [0.1, 0.15) is 5.78 Å². The second-order valence-electron chi connectivity index (χ2n) is 6.09. The molecule has 98 valence electrons. The number of hydrogen-bond donors (Lipinski definition) is 1. The fourth-order valence-corrected chi connectivity index (χ4v) is 3.44. The molecule has 1 aliphatic carbocycles. The zero-order chi connectivity index (χ0) is 12.1. The predicted octanol–water partition coefficient (Wildman–Crippen LogP) is 3.16. The minimum Gasteiger partial charge on any atom is -0.316 e. The Morgan fingerprint density at radius 2 is 1.94 bits per heavy atom. The van der Waals surface area contributed by atoms with Crippen LogP contribution < -0.4 is 5.32 Å². The smallest absolute Gasteiger partial charge is 0.136 e. The highest BCUT2D eigenvalue weighted by molar-refractivity contribution is 5.81. The van der Waals surface area contributed by atoms with Crippen LogP contribution in [0.15, 0.2) is 0 Å². The maximum atomic E-state index is 12.2. The summed E-state index contributed by atoms with van der Waals surface area (Å²) in [5.74, 6) is 2.28. The van der Waals surface area contributed by atoms with Crippen LogP contribution in [0.1, 0.15) is 58.3 Å². The molecule has 1 N–H and O–H groups in total. The van der Waals surface area contributed by atoms with E-state index in [1.165, 1.54) is 38.6 Å². The normalized spacial score (nSPS) is 28.9. The molecule has 1 saturated heterocycles. The Morgan fingerprint density at radius 3 is 2.59 bits per heavy atom. The first-order valence-electron chi connectivity index (χ1n) is 7.51. The van der Waals surface area contributed by atoms with Gasteiger partial charge in [0.15, 0.2) is 0 Å². The van der Waals surface area contributed by atoms with Crippen molar-refractivity contribution >= 4 is 5.78 Å². The van der Waals surface area contributed by atoms with E-state index in [4.69, 9.17) is 0 Å². The van der Waals surface area contributed by atoms with Crippen molar-refractivity contribution in [2.75, 3.05) is 13.1 Å². The monoisotopic (exact) mass is 237 g/mol. The number of Topliss-reactive ketones (excluding diaryl/α,β-unsaturated/α-hetero) is 1. The molecule has 0 spiro atoms. The molecule has 2 rings (SSSR count). The van der Waals surface area contributed by atoms with Gasteiger partial charge in [-0.15, -0.1) is 0 Å². The highest BCUT2D eigenvalue weighted by Gasteiger charge is 2.26. The second-order valence-corrected chi connectivity index (χ2v) is 6.09. The van der Waals surface area contributed by atoms with Crippen molar-refractivity contribution in [2.24, 2.45) is 17.8 Å². The Labute approximate surface area is 106 Å². The van der Waals surface area contributed by atoms with Crippen molar-refractivity contribution in [1.29, 1.82) is 0 Å². The minimum atomic E-state index is 0.405. The summed E-state index contributed by atoms with van der Waals surface area (Å²) >= 11 is 0. The lowest BCUT2D eigenvalue weighted by atomic mass is 9.79. The first kappa shape index (κ1) is 13.1. The Kier molecular flexibility index (Phi) is 5.02.